The van der Waals surface area contributed by atoms with Crippen LogP contribution < -0.4 is 0 Å². The van der Waals surface area contributed by atoms with Gasteiger partial charge in [-0.05, 0) is 19.1 Å². The summed E-state index contributed by atoms with van der Waals surface area (Å²) >= 11 is 0. The third-order valence-electron chi connectivity index (χ3n) is 1.67. The van der Waals surface area contributed by atoms with Crippen molar-refractivity contribution in [2.24, 2.45) is 0 Å². The molecule has 0 aliphatic carbocycles. The maximum atomic E-state index is 11.2. The van der Waals surface area contributed by atoms with E-state index in [1.54, 1.807) is 6.92 Å². The van der Waals surface area contributed by atoms with E-state index in [9.17, 15) is 10.0 Å². The molecule has 0 unspecified atom stereocenters. The smallest absolute Gasteiger partial charge is 0.338 e. The van der Waals surface area contributed by atoms with Gasteiger partial charge in [0, 0.05) is 12.1 Å². The van der Waals surface area contributed by atoms with Crippen LogP contribution in [0.5, 0.6) is 0 Å². The summed E-state index contributed by atoms with van der Waals surface area (Å²) in [5, 5.41) is 10.7. The second-order valence-corrected chi connectivity index (χ2v) is 2.65. The molecular weight excluding hydrogens is 182 g/mol. The van der Waals surface area contributed by atoms with Crippen molar-refractivity contribution in [2.75, 3.05) is 6.61 Å². The van der Waals surface area contributed by atoms with E-state index >= 15 is 0 Å². The number of benzene rings is 1. The van der Waals surface area contributed by atoms with Gasteiger partial charge >= 0.3 is 5.97 Å². The van der Waals surface area contributed by atoms with Gasteiger partial charge in [0.15, 0.2) is 0 Å². The fourth-order valence-electron chi connectivity index (χ4n) is 0.978. The Kier molecular flexibility index (Phi) is 3.23. The van der Waals surface area contributed by atoms with Crippen LogP contribution in [0, 0.1) is 5.21 Å². The molecule has 0 amide bonds. The molecular formula is C10H11NO3. The van der Waals surface area contributed by atoms with Crippen molar-refractivity contribution < 1.29 is 14.3 Å². The quantitative estimate of drug-likeness (QED) is 0.241. The van der Waals surface area contributed by atoms with Crippen molar-refractivity contribution in [3.05, 3.63) is 35.0 Å². The number of ether oxygens (including phenoxy) is 1. The molecule has 0 fully saturated rings. The number of carbonyl (C=O) groups is 1. The van der Waals surface area contributed by atoms with Crippen LogP contribution in [0.4, 0.5) is 5.69 Å². The normalized spacial score (nSPS) is 9.50. The molecule has 0 aliphatic heterocycles. The Morgan fingerprint density at radius 3 is 2.50 bits per heavy atom. The first-order valence-electron chi connectivity index (χ1n) is 4.20. The maximum Gasteiger partial charge on any atom is 0.338 e. The number of hydrogen-bond acceptors (Lipinski definition) is 3. The van der Waals surface area contributed by atoms with Crippen LogP contribution in [0.15, 0.2) is 24.3 Å². The molecule has 0 aliphatic rings. The first-order valence-corrected chi connectivity index (χ1v) is 4.20. The highest BCUT2D eigenvalue weighted by molar-refractivity contribution is 5.89. The Labute approximate surface area is 82.0 Å². The zero-order chi connectivity index (χ0) is 10.6. The number of hydrogen-bond donors (Lipinski definition) is 0. The molecule has 1 aromatic rings. The first kappa shape index (κ1) is 10.2. The molecule has 1 aromatic carbocycles. The van der Waals surface area contributed by atoms with Crippen LogP contribution >= 0.6 is 0 Å². The summed E-state index contributed by atoms with van der Waals surface area (Å²) in [6.07, 6.45) is 0. The third-order valence-corrected chi connectivity index (χ3v) is 1.67. The van der Waals surface area contributed by atoms with Gasteiger partial charge in [-0.15, -0.1) is 0 Å². The fourth-order valence-corrected chi connectivity index (χ4v) is 0.978. The molecule has 0 heterocycles. The lowest BCUT2D eigenvalue weighted by molar-refractivity contribution is -0.349. The second kappa shape index (κ2) is 4.41. The van der Waals surface area contributed by atoms with Gasteiger partial charge in [0.2, 0.25) is 5.69 Å². The van der Waals surface area contributed by atoms with Gasteiger partial charge in [0.25, 0.3) is 0 Å². The lowest BCUT2D eigenvalue weighted by Gasteiger charge is -2.02. The van der Waals surface area contributed by atoms with Crippen LogP contribution in [0.2, 0.25) is 0 Å². The van der Waals surface area contributed by atoms with E-state index in [1.807, 2.05) is 0 Å². The summed E-state index contributed by atoms with van der Waals surface area (Å²) in [6.45, 7) is 5.26. The molecule has 0 N–H and O–H groups in total. The van der Waals surface area contributed by atoms with E-state index in [4.69, 9.17) is 4.74 Å². The standard InChI is InChI=1S/C10H11NO3/c1-3-14-10(12)8-4-6-9(7-5-8)11(2)13/h4-7H,2-3H2,1H3. The molecule has 0 spiro atoms. The Morgan fingerprint density at radius 1 is 1.50 bits per heavy atom. The van der Waals surface area contributed by atoms with Gasteiger partial charge in [-0.3, -0.25) is 0 Å². The Morgan fingerprint density at radius 2 is 2.07 bits per heavy atom. The highest BCUT2D eigenvalue weighted by Gasteiger charge is 2.06. The third kappa shape index (κ3) is 2.32. The summed E-state index contributed by atoms with van der Waals surface area (Å²) in [5.41, 5.74) is 0.829. The molecule has 74 valence electrons. The molecule has 0 radical (unpaired) electrons. The highest BCUT2D eigenvalue weighted by atomic mass is 16.5. The predicted octanol–water partition coefficient (Wildman–Crippen LogP) is 1.71. The van der Waals surface area contributed by atoms with Gasteiger partial charge < -0.3 is 9.94 Å². The van der Waals surface area contributed by atoms with E-state index < -0.39 is 0 Å². The van der Waals surface area contributed by atoms with E-state index in [0.717, 1.165) is 0 Å². The lowest BCUT2D eigenvalue weighted by Crippen LogP contribution is -2.04. The largest absolute Gasteiger partial charge is 0.619 e. The predicted molar refractivity (Wildman–Crippen MR) is 52.8 cm³/mol. The molecule has 14 heavy (non-hydrogen) atoms. The minimum atomic E-state index is -0.388. The highest BCUT2D eigenvalue weighted by Crippen LogP contribution is 2.12. The zero-order valence-electron chi connectivity index (χ0n) is 7.90. The van der Waals surface area contributed by atoms with Crippen LogP contribution in [-0.4, -0.2) is 24.0 Å². The zero-order valence-corrected chi connectivity index (χ0v) is 7.90. The van der Waals surface area contributed by atoms with Crippen LogP contribution in [-0.2, 0) is 4.74 Å². The first-order chi connectivity index (χ1) is 6.65. The number of nitrogens with zero attached hydrogens (tertiary/aromatic N) is 1. The minimum Gasteiger partial charge on any atom is -0.619 e. The Balaban J connectivity index is 2.83. The van der Waals surface area contributed by atoms with E-state index in [-0.39, 0.29) is 5.97 Å². The van der Waals surface area contributed by atoms with E-state index in [1.165, 1.54) is 24.3 Å². The van der Waals surface area contributed by atoms with Gasteiger partial charge in [-0.1, -0.05) is 0 Å². The van der Waals surface area contributed by atoms with Gasteiger partial charge in [0.05, 0.1) is 12.2 Å². The second-order valence-electron chi connectivity index (χ2n) is 2.65. The monoisotopic (exact) mass is 193 g/mol. The van der Waals surface area contributed by atoms with Crippen LogP contribution in [0.25, 0.3) is 0 Å². The molecule has 0 bridgehead atoms. The summed E-state index contributed by atoms with van der Waals surface area (Å²) in [4.78, 5) is 11.2. The molecule has 4 heteroatoms. The lowest BCUT2D eigenvalue weighted by atomic mass is 10.2. The average molecular weight is 193 g/mol. The SMILES string of the molecule is C=[N+]([O-])c1ccc(C(=O)OCC)cc1. The molecule has 0 atom stereocenters. The van der Waals surface area contributed by atoms with Crippen molar-refractivity contribution >= 4 is 18.4 Å². The fraction of sp³-hybridized carbons (Fsp3) is 0.200. The maximum absolute atomic E-state index is 11.2. The van der Waals surface area contributed by atoms with Crippen LogP contribution in [0.3, 0.4) is 0 Å². The van der Waals surface area contributed by atoms with Crippen LogP contribution in [0.1, 0.15) is 17.3 Å². The van der Waals surface area contributed by atoms with E-state index in [0.29, 0.717) is 22.6 Å². The van der Waals surface area contributed by atoms with Crippen molar-refractivity contribution in [2.45, 2.75) is 6.92 Å². The minimum absolute atomic E-state index is 0.337. The van der Waals surface area contributed by atoms with Gasteiger partial charge in [0.1, 0.15) is 6.72 Å². The average Bonchev–Trinajstić information content (AvgIpc) is 2.18. The van der Waals surface area contributed by atoms with Gasteiger partial charge in [-0.2, -0.15) is 4.74 Å². The summed E-state index contributed by atoms with van der Waals surface area (Å²) < 4.78 is 5.26. The molecule has 4 nitrogen and oxygen atoms in total. The molecule has 1 rings (SSSR count). The summed E-state index contributed by atoms with van der Waals surface area (Å²) in [7, 11) is 0. The van der Waals surface area contributed by atoms with Crippen molar-refractivity contribution in [3.63, 3.8) is 0 Å². The summed E-state index contributed by atoms with van der Waals surface area (Å²) in [6, 6.07) is 6.10. The molecule has 0 saturated carbocycles. The molecule has 0 saturated heterocycles. The Bertz CT molecular complexity index is 343. The molecule has 0 aromatic heterocycles. The van der Waals surface area contributed by atoms with E-state index in [2.05, 4.69) is 6.72 Å². The topological polar surface area (TPSA) is 52.4 Å². The van der Waals surface area contributed by atoms with Crippen molar-refractivity contribution in [1.82, 2.24) is 0 Å². The van der Waals surface area contributed by atoms with Crippen molar-refractivity contribution in [1.29, 1.82) is 0 Å². The number of rotatable bonds is 3. The van der Waals surface area contributed by atoms with Crippen molar-refractivity contribution in [3.8, 4) is 0 Å². The number of esters is 1. The summed E-state index contributed by atoms with van der Waals surface area (Å²) in [5.74, 6) is -0.388. The number of carbonyl (C=O) groups excluding carboxylic acids is 1. The van der Waals surface area contributed by atoms with Gasteiger partial charge in [-0.25, -0.2) is 4.79 Å². The Hall–Kier alpha value is -1.84.